The quantitative estimate of drug-likeness (QED) is 0.527. The van der Waals surface area contributed by atoms with Crippen LogP contribution < -0.4 is 10.6 Å². The van der Waals surface area contributed by atoms with Crippen molar-refractivity contribution >= 4 is 17.9 Å². The average molecular weight is 462 g/mol. The summed E-state index contributed by atoms with van der Waals surface area (Å²) in [5.74, 6) is -0.673. The number of ether oxygens (including phenoxy) is 1. The number of aryl methyl sites for hydroxylation is 1. The molecule has 0 aromatic heterocycles. The second-order valence-corrected chi connectivity index (χ2v) is 10.0. The molecule has 33 heavy (non-hydrogen) atoms. The SMILES string of the molecule is CCCN(C(=O)C(NC(=O)OC(C)(C)C)C(C)CC)C(C(=O)NC(C)C)c1ccc(C)cc1. The molecule has 0 saturated carbocycles. The van der Waals surface area contributed by atoms with Crippen molar-refractivity contribution in [1.29, 1.82) is 0 Å². The van der Waals surface area contributed by atoms with Crippen molar-refractivity contribution in [3.05, 3.63) is 35.4 Å². The molecule has 0 aliphatic carbocycles. The largest absolute Gasteiger partial charge is 0.444 e. The summed E-state index contributed by atoms with van der Waals surface area (Å²) in [6.07, 6.45) is 0.707. The highest BCUT2D eigenvalue weighted by molar-refractivity contribution is 5.92. The molecule has 7 heteroatoms. The van der Waals surface area contributed by atoms with Gasteiger partial charge in [0, 0.05) is 12.6 Å². The Morgan fingerprint density at radius 3 is 2.03 bits per heavy atom. The number of benzene rings is 1. The number of hydrogen-bond donors (Lipinski definition) is 2. The zero-order valence-electron chi connectivity index (χ0n) is 21.8. The van der Waals surface area contributed by atoms with Gasteiger partial charge in [0.2, 0.25) is 11.8 Å². The van der Waals surface area contributed by atoms with Crippen molar-refractivity contribution in [2.24, 2.45) is 5.92 Å². The molecule has 3 unspecified atom stereocenters. The lowest BCUT2D eigenvalue weighted by atomic mass is 9.95. The van der Waals surface area contributed by atoms with Gasteiger partial charge < -0.3 is 20.3 Å². The van der Waals surface area contributed by atoms with Crippen LogP contribution in [0.3, 0.4) is 0 Å². The maximum Gasteiger partial charge on any atom is 0.408 e. The Hall–Kier alpha value is -2.57. The molecular weight excluding hydrogens is 418 g/mol. The maximum absolute atomic E-state index is 13.9. The Bertz CT molecular complexity index is 784. The van der Waals surface area contributed by atoms with Gasteiger partial charge in [-0.15, -0.1) is 0 Å². The minimum Gasteiger partial charge on any atom is -0.444 e. The first-order chi connectivity index (χ1) is 15.3. The fourth-order valence-corrected chi connectivity index (χ4v) is 3.49. The third-order valence-corrected chi connectivity index (χ3v) is 5.28. The molecule has 0 spiro atoms. The van der Waals surface area contributed by atoms with Crippen molar-refractivity contribution in [1.82, 2.24) is 15.5 Å². The molecule has 0 aliphatic rings. The Kier molecular flexibility index (Phi) is 10.9. The minimum absolute atomic E-state index is 0.0747. The molecule has 3 atom stereocenters. The number of carbonyl (C=O) groups is 3. The van der Waals surface area contributed by atoms with Gasteiger partial charge in [-0.25, -0.2) is 4.79 Å². The highest BCUT2D eigenvalue weighted by atomic mass is 16.6. The number of nitrogens with one attached hydrogen (secondary N) is 2. The van der Waals surface area contributed by atoms with Crippen LogP contribution in [-0.2, 0) is 14.3 Å². The predicted octanol–water partition coefficient (Wildman–Crippen LogP) is 4.74. The molecule has 0 fully saturated rings. The zero-order valence-corrected chi connectivity index (χ0v) is 21.8. The second-order valence-electron chi connectivity index (χ2n) is 10.0. The standard InChI is InChI=1S/C26H43N3O4/c1-10-16-29(22(23(30)27-17(3)4)20-14-12-18(5)13-15-20)24(31)21(19(6)11-2)28-25(32)33-26(7,8)9/h12-15,17,19,21-22H,10-11,16H2,1-9H3,(H,27,30)(H,28,32). The summed E-state index contributed by atoms with van der Waals surface area (Å²) in [6.45, 7) is 17.3. The third kappa shape index (κ3) is 9.06. The van der Waals surface area contributed by atoms with Gasteiger partial charge in [-0.3, -0.25) is 9.59 Å². The first kappa shape index (κ1) is 28.5. The summed E-state index contributed by atoms with van der Waals surface area (Å²) < 4.78 is 5.41. The van der Waals surface area contributed by atoms with Crippen LogP contribution in [0.4, 0.5) is 4.79 Å². The summed E-state index contributed by atoms with van der Waals surface area (Å²) >= 11 is 0. The Morgan fingerprint density at radius 2 is 1.58 bits per heavy atom. The van der Waals surface area contributed by atoms with E-state index in [1.165, 1.54) is 0 Å². The smallest absolute Gasteiger partial charge is 0.408 e. The Labute approximate surface area is 199 Å². The van der Waals surface area contributed by atoms with Crippen LogP contribution in [0, 0.1) is 12.8 Å². The average Bonchev–Trinajstić information content (AvgIpc) is 2.70. The van der Waals surface area contributed by atoms with E-state index >= 15 is 0 Å². The number of alkyl carbamates (subject to hydrolysis) is 1. The molecule has 7 nitrogen and oxygen atoms in total. The molecule has 186 valence electrons. The van der Waals surface area contributed by atoms with E-state index in [9.17, 15) is 14.4 Å². The number of rotatable bonds is 10. The van der Waals surface area contributed by atoms with E-state index in [-0.39, 0.29) is 23.8 Å². The van der Waals surface area contributed by atoms with Crippen molar-refractivity contribution in [3.63, 3.8) is 0 Å². The molecule has 1 aromatic carbocycles. The topological polar surface area (TPSA) is 87.7 Å². The van der Waals surface area contributed by atoms with Crippen molar-refractivity contribution in [3.8, 4) is 0 Å². The van der Waals surface area contributed by atoms with Gasteiger partial charge in [0.25, 0.3) is 0 Å². The summed E-state index contributed by atoms with van der Waals surface area (Å²) in [5, 5.41) is 5.73. The molecule has 0 aliphatic heterocycles. The van der Waals surface area contributed by atoms with Crippen LogP contribution in [-0.4, -0.2) is 47.0 Å². The molecule has 0 radical (unpaired) electrons. The van der Waals surface area contributed by atoms with E-state index in [0.717, 1.165) is 11.1 Å². The van der Waals surface area contributed by atoms with E-state index in [4.69, 9.17) is 4.74 Å². The van der Waals surface area contributed by atoms with Gasteiger partial charge in [0.15, 0.2) is 0 Å². The summed E-state index contributed by atoms with van der Waals surface area (Å²) in [6, 6.07) is 5.96. The van der Waals surface area contributed by atoms with E-state index in [0.29, 0.717) is 19.4 Å². The molecule has 3 amide bonds. The zero-order chi connectivity index (χ0) is 25.3. The molecule has 0 heterocycles. The van der Waals surface area contributed by atoms with Crippen molar-refractivity contribution < 1.29 is 19.1 Å². The highest BCUT2D eigenvalue weighted by Gasteiger charge is 2.37. The van der Waals surface area contributed by atoms with E-state index in [1.54, 1.807) is 25.7 Å². The maximum atomic E-state index is 13.9. The van der Waals surface area contributed by atoms with Crippen LogP contribution in [0.2, 0.25) is 0 Å². The highest BCUT2D eigenvalue weighted by Crippen LogP contribution is 2.25. The molecule has 2 N–H and O–H groups in total. The number of nitrogens with zero attached hydrogens (tertiary/aromatic N) is 1. The van der Waals surface area contributed by atoms with Crippen LogP contribution >= 0.6 is 0 Å². The first-order valence-electron chi connectivity index (χ1n) is 12.0. The van der Waals surface area contributed by atoms with E-state index < -0.39 is 23.8 Å². The Morgan fingerprint density at radius 1 is 1.00 bits per heavy atom. The van der Waals surface area contributed by atoms with Crippen molar-refractivity contribution in [2.75, 3.05) is 6.54 Å². The third-order valence-electron chi connectivity index (χ3n) is 5.28. The van der Waals surface area contributed by atoms with Gasteiger partial charge in [-0.1, -0.05) is 57.0 Å². The number of amides is 3. The van der Waals surface area contributed by atoms with E-state index in [2.05, 4.69) is 10.6 Å². The first-order valence-corrected chi connectivity index (χ1v) is 12.0. The fraction of sp³-hybridized carbons (Fsp3) is 0.654. The normalized spacial score (nSPS) is 14.2. The number of hydrogen-bond acceptors (Lipinski definition) is 4. The second kappa shape index (κ2) is 12.6. The lowest BCUT2D eigenvalue weighted by Gasteiger charge is -2.36. The molecule has 0 bridgehead atoms. The minimum atomic E-state index is -0.809. The van der Waals surface area contributed by atoms with Crippen molar-refractivity contribution in [2.45, 2.75) is 98.9 Å². The van der Waals surface area contributed by atoms with Crippen LogP contribution in [0.5, 0.6) is 0 Å². The Balaban J connectivity index is 3.41. The molecule has 1 rings (SSSR count). The van der Waals surface area contributed by atoms with Gasteiger partial charge in [0.1, 0.15) is 17.7 Å². The monoisotopic (exact) mass is 461 g/mol. The van der Waals surface area contributed by atoms with Gasteiger partial charge in [-0.2, -0.15) is 0 Å². The predicted molar refractivity (Wildman–Crippen MR) is 132 cm³/mol. The van der Waals surface area contributed by atoms with Crippen LogP contribution in [0.1, 0.15) is 85.4 Å². The summed E-state index contributed by atoms with van der Waals surface area (Å²) in [5.41, 5.74) is 1.12. The summed E-state index contributed by atoms with van der Waals surface area (Å²) in [7, 11) is 0. The van der Waals surface area contributed by atoms with Crippen LogP contribution in [0.25, 0.3) is 0 Å². The lowest BCUT2D eigenvalue weighted by molar-refractivity contribution is -0.143. The number of carbonyl (C=O) groups excluding carboxylic acids is 3. The molecule has 1 aromatic rings. The molecular formula is C26H43N3O4. The van der Waals surface area contributed by atoms with Crippen LogP contribution in [0.15, 0.2) is 24.3 Å². The fourth-order valence-electron chi connectivity index (χ4n) is 3.49. The molecule has 0 saturated heterocycles. The van der Waals surface area contributed by atoms with Gasteiger partial charge in [0.05, 0.1) is 0 Å². The van der Waals surface area contributed by atoms with Gasteiger partial charge >= 0.3 is 6.09 Å². The van der Waals surface area contributed by atoms with Gasteiger partial charge in [-0.05, 0) is 59.4 Å². The van der Waals surface area contributed by atoms with E-state index in [1.807, 2.05) is 65.8 Å². The summed E-state index contributed by atoms with van der Waals surface area (Å²) in [4.78, 5) is 41.3. The lowest BCUT2D eigenvalue weighted by Crippen LogP contribution is -2.55.